The number of nitrogens with zero attached hydrogens (tertiary/aromatic N) is 6. The predicted octanol–water partition coefficient (Wildman–Crippen LogP) is 3.75. The van der Waals surface area contributed by atoms with Gasteiger partial charge in [0.25, 0.3) is 0 Å². The number of aliphatic hydroxyl groups excluding tert-OH is 2. The summed E-state index contributed by atoms with van der Waals surface area (Å²) in [6.07, 6.45) is 1.40. The Hall–Kier alpha value is -3.71. The molecule has 3 fully saturated rings. The first kappa shape index (κ1) is 31.6. The molecule has 0 amide bonds. The first-order chi connectivity index (χ1) is 23.1. The Morgan fingerprint density at radius 1 is 1.12 bits per heavy atom. The number of rotatable bonds is 7. The van der Waals surface area contributed by atoms with Crippen LogP contribution in [-0.4, -0.2) is 100 Å². The number of nitriles is 1. The monoisotopic (exact) mass is 677 g/mol. The Bertz CT molecular complexity index is 1960. The van der Waals surface area contributed by atoms with Gasteiger partial charge < -0.3 is 30.3 Å². The average Bonchev–Trinajstić information content (AvgIpc) is 3.80. The smallest absolute Gasteiger partial charge is 0.319 e. The summed E-state index contributed by atoms with van der Waals surface area (Å²) in [5.41, 5.74) is 7.40. The van der Waals surface area contributed by atoms with E-state index in [-0.39, 0.29) is 76.6 Å². The summed E-state index contributed by atoms with van der Waals surface area (Å²) in [4.78, 5) is 16.1. The molecule has 252 valence electrons. The number of likely N-dealkylation sites (tertiary alicyclic amines) is 2. The Balaban J connectivity index is 1.34. The first-order valence-electron chi connectivity index (χ1n) is 16.4. The van der Waals surface area contributed by atoms with Crippen LogP contribution in [-0.2, 0) is 18.0 Å². The number of aliphatic hydroxyl groups is 2. The molecule has 3 saturated heterocycles. The number of benzene rings is 2. The molecule has 0 aliphatic carbocycles. The van der Waals surface area contributed by atoms with Crippen LogP contribution < -0.4 is 15.4 Å². The van der Waals surface area contributed by atoms with Crippen molar-refractivity contribution >= 4 is 43.1 Å². The first-order valence-corrected chi connectivity index (χ1v) is 17.2. The van der Waals surface area contributed by atoms with E-state index in [2.05, 4.69) is 20.9 Å². The molecule has 2 aromatic heterocycles. The van der Waals surface area contributed by atoms with E-state index in [1.54, 1.807) is 13.0 Å². The van der Waals surface area contributed by atoms with Gasteiger partial charge in [0.15, 0.2) is 5.82 Å². The van der Waals surface area contributed by atoms with Crippen molar-refractivity contribution in [3.8, 4) is 23.2 Å². The number of nitrogen functional groups attached to an aromatic ring is 1. The molecule has 4 aromatic rings. The van der Waals surface area contributed by atoms with E-state index in [1.807, 2.05) is 11.9 Å². The molecule has 11 nitrogen and oxygen atoms in total. The van der Waals surface area contributed by atoms with Crippen LogP contribution >= 0.6 is 11.3 Å². The van der Waals surface area contributed by atoms with Gasteiger partial charge in [-0.2, -0.15) is 15.2 Å². The van der Waals surface area contributed by atoms with E-state index in [0.29, 0.717) is 53.1 Å². The summed E-state index contributed by atoms with van der Waals surface area (Å²) in [6, 6.07) is 4.74. The number of piperazine rings is 1. The number of β-amino-alcohol motifs (C(OH)–C–C–N with tert-alkyl or cyclic N) is 1. The standard InChI is InChI=1S/C34H37F2N7O4S/c1-16(44)10-42-11-17-3-4-18(12-42)43(17)33-28-21-14-46-13-20(21)27(29-22(35)5-6-25-26(29)19(9-37)32(38)48-25)30(36)31(28)39-34(40-33)47-15-23-24(45)7-8-41(23)2/h5-6,16-18,23-24,44-45H,3-4,7-8,10-15,38H2,1-2H3/t16-,17?,18?,23-,24+/m1/s1. The third kappa shape index (κ3) is 4.98. The van der Waals surface area contributed by atoms with Crippen molar-refractivity contribution in [2.24, 2.45) is 0 Å². The highest BCUT2D eigenvalue weighted by Crippen LogP contribution is 2.49. The zero-order valence-corrected chi connectivity index (χ0v) is 27.6. The number of thiophene rings is 1. The maximum atomic E-state index is 17.4. The summed E-state index contributed by atoms with van der Waals surface area (Å²) in [6.45, 7) is 4.80. The summed E-state index contributed by atoms with van der Waals surface area (Å²) >= 11 is 1.16. The molecule has 8 rings (SSSR count). The molecule has 4 aliphatic rings. The summed E-state index contributed by atoms with van der Waals surface area (Å²) in [5.74, 6) is -0.885. The van der Waals surface area contributed by atoms with Gasteiger partial charge in [-0.05, 0) is 56.5 Å². The Morgan fingerprint density at radius 3 is 2.56 bits per heavy atom. The average molecular weight is 678 g/mol. The van der Waals surface area contributed by atoms with Gasteiger partial charge in [-0.1, -0.05) is 0 Å². The lowest BCUT2D eigenvalue weighted by Gasteiger charge is -2.42. The number of anilines is 2. The SMILES string of the molecule is C[C@@H](O)CN1CC2CCC(C1)N2c1nc(OC[C@@H]2[C@@H](O)CCN2C)nc2c(F)c(-c3c(F)ccc4sc(N)c(C#N)c34)c3c(c12)COC3. The lowest BCUT2D eigenvalue weighted by Crippen LogP contribution is -2.55. The minimum Gasteiger partial charge on any atom is -0.462 e. The number of ether oxygens (including phenoxy) is 2. The number of nitrogens with two attached hydrogens (primary N) is 1. The van der Waals surface area contributed by atoms with Crippen LogP contribution in [0.1, 0.15) is 42.9 Å². The third-order valence-electron chi connectivity index (χ3n) is 10.4. The number of hydrogen-bond donors (Lipinski definition) is 3. The van der Waals surface area contributed by atoms with E-state index < -0.39 is 23.8 Å². The third-order valence-corrected chi connectivity index (χ3v) is 11.4. The van der Waals surface area contributed by atoms with Crippen molar-refractivity contribution in [2.75, 3.05) is 50.5 Å². The normalized spacial score (nSPS) is 24.9. The Labute approximate surface area is 280 Å². The van der Waals surface area contributed by atoms with Crippen LogP contribution in [0.15, 0.2) is 12.1 Å². The van der Waals surface area contributed by atoms with Gasteiger partial charge in [0.1, 0.15) is 34.8 Å². The maximum absolute atomic E-state index is 17.4. The molecule has 4 N–H and O–H groups in total. The molecule has 2 aromatic carbocycles. The van der Waals surface area contributed by atoms with Crippen LogP contribution in [0.3, 0.4) is 0 Å². The zero-order valence-electron chi connectivity index (χ0n) is 26.7. The van der Waals surface area contributed by atoms with Gasteiger partial charge in [0.05, 0.1) is 42.4 Å². The molecule has 0 radical (unpaired) electrons. The second-order valence-electron chi connectivity index (χ2n) is 13.5. The van der Waals surface area contributed by atoms with Gasteiger partial charge in [0, 0.05) is 59.5 Å². The number of likely N-dealkylation sites (N-methyl/N-ethyl adjacent to an activating group) is 1. The number of aromatic nitrogens is 2. The largest absolute Gasteiger partial charge is 0.462 e. The fourth-order valence-corrected chi connectivity index (χ4v) is 9.22. The maximum Gasteiger partial charge on any atom is 0.319 e. The lowest BCUT2D eigenvalue weighted by molar-refractivity contribution is 0.0869. The van der Waals surface area contributed by atoms with Crippen LogP contribution in [0.5, 0.6) is 6.01 Å². The van der Waals surface area contributed by atoms with Gasteiger partial charge >= 0.3 is 6.01 Å². The minimum atomic E-state index is -0.749. The number of fused-ring (bicyclic) bond motifs is 6. The lowest BCUT2D eigenvalue weighted by atomic mass is 9.90. The van der Waals surface area contributed by atoms with E-state index in [4.69, 9.17) is 20.2 Å². The fourth-order valence-electron chi connectivity index (χ4n) is 8.29. The highest BCUT2D eigenvalue weighted by molar-refractivity contribution is 7.23. The molecule has 6 heterocycles. The van der Waals surface area contributed by atoms with E-state index in [1.165, 1.54) is 6.07 Å². The fraction of sp³-hybridized carbons (Fsp3) is 0.500. The van der Waals surface area contributed by atoms with Crippen molar-refractivity contribution in [1.29, 1.82) is 5.26 Å². The van der Waals surface area contributed by atoms with Crippen LogP contribution in [0.2, 0.25) is 0 Å². The topological polar surface area (TPSA) is 144 Å². The number of halogens is 2. The molecule has 2 bridgehead atoms. The van der Waals surface area contributed by atoms with Crippen molar-refractivity contribution in [1.82, 2.24) is 19.8 Å². The molecular formula is C34H37F2N7O4S. The van der Waals surface area contributed by atoms with Gasteiger partial charge in [0.2, 0.25) is 0 Å². The van der Waals surface area contributed by atoms with E-state index in [9.17, 15) is 15.5 Å². The molecule has 0 spiro atoms. The van der Waals surface area contributed by atoms with E-state index >= 15 is 8.78 Å². The van der Waals surface area contributed by atoms with E-state index in [0.717, 1.165) is 30.7 Å². The van der Waals surface area contributed by atoms with Crippen molar-refractivity contribution in [2.45, 2.75) is 69.7 Å². The molecule has 5 atom stereocenters. The minimum absolute atomic E-state index is 0.00123. The second-order valence-corrected chi connectivity index (χ2v) is 14.6. The highest BCUT2D eigenvalue weighted by atomic mass is 32.1. The molecule has 2 unspecified atom stereocenters. The molecule has 4 aliphatic heterocycles. The molecular weight excluding hydrogens is 640 g/mol. The van der Waals surface area contributed by atoms with Crippen LogP contribution in [0, 0.1) is 23.0 Å². The molecule has 0 saturated carbocycles. The Kier molecular flexibility index (Phi) is 7.89. The van der Waals surface area contributed by atoms with Crippen LogP contribution in [0.4, 0.5) is 19.6 Å². The van der Waals surface area contributed by atoms with Crippen molar-refractivity contribution in [3.05, 3.63) is 40.5 Å². The summed E-state index contributed by atoms with van der Waals surface area (Å²) in [5, 5.41) is 31.7. The van der Waals surface area contributed by atoms with Crippen LogP contribution in [0.25, 0.3) is 32.1 Å². The van der Waals surface area contributed by atoms with Crippen molar-refractivity contribution < 1.29 is 28.5 Å². The summed E-state index contributed by atoms with van der Waals surface area (Å²) < 4.78 is 46.0. The van der Waals surface area contributed by atoms with Gasteiger partial charge in [-0.25, -0.2) is 8.78 Å². The van der Waals surface area contributed by atoms with Crippen molar-refractivity contribution in [3.63, 3.8) is 0 Å². The highest BCUT2D eigenvalue weighted by Gasteiger charge is 2.43. The quantitative estimate of drug-likeness (QED) is 0.263. The Morgan fingerprint density at radius 2 is 1.88 bits per heavy atom. The predicted molar refractivity (Wildman–Crippen MR) is 178 cm³/mol. The van der Waals surface area contributed by atoms with Gasteiger partial charge in [-0.15, -0.1) is 11.3 Å². The second kappa shape index (κ2) is 12.0. The molecule has 14 heteroatoms. The van der Waals surface area contributed by atoms with Gasteiger partial charge in [-0.3, -0.25) is 9.80 Å². The molecule has 48 heavy (non-hydrogen) atoms. The summed E-state index contributed by atoms with van der Waals surface area (Å²) in [7, 11) is 1.92. The number of hydrogen-bond acceptors (Lipinski definition) is 12. The zero-order chi connectivity index (χ0) is 33.4.